The highest BCUT2D eigenvalue weighted by Gasteiger charge is 2.18. The summed E-state index contributed by atoms with van der Waals surface area (Å²) in [6.07, 6.45) is 7.97. The molecule has 3 aromatic heterocycles. The Labute approximate surface area is 150 Å². The van der Waals surface area contributed by atoms with Gasteiger partial charge >= 0.3 is 0 Å². The Kier molecular flexibility index (Phi) is 5.19. The molecular formula is C18H20ClN5O. The van der Waals surface area contributed by atoms with Crippen LogP contribution in [0.25, 0.3) is 22.2 Å². The van der Waals surface area contributed by atoms with Gasteiger partial charge in [-0.2, -0.15) is 0 Å². The molecule has 0 spiro atoms. The molecule has 0 saturated heterocycles. The number of halogens is 1. The Bertz CT molecular complexity index is 898. The van der Waals surface area contributed by atoms with Crippen molar-refractivity contribution < 1.29 is 4.79 Å². The van der Waals surface area contributed by atoms with Crippen LogP contribution in [-0.2, 0) is 0 Å². The molecule has 25 heavy (non-hydrogen) atoms. The Morgan fingerprint density at radius 1 is 1.40 bits per heavy atom. The summed E-state index contributed by atoms with van der Waals surface area (Å²) in [6.45, 7) is 3.24. The first-order valence-electron chi connectivity index (χ1n) is 8.24. The Balaban J connectivity index is 1.93. The number of hydrogen-bond acceptors (Lipinski definition) is 3. The Hall–Kier alpha value is -2.60. The number of aromatic nitrogens is 3. The van der Waals surface area contributed by atoms with E-state index < -0.39 is 0 Å². The number of nitrogens with zero attached hydrogens (tertiary/aromatic N) is 2. The second-order valence-electron chi connectivity index (χ2n) is 5.81. The number of amides is 1. The van der Waals surface area contributed by atoms with Gasteiger partial charge < -0.3 is 20.3 Å². The zero-order chi connectivity index (χ0) is 17.8. The van der Waals surface area contributed by atoms with Gasteiger partial charge in [-0.3, -0.25) is 4.79 Å². The largest absolute Gasteiger partial charge is 0.357 e. The van der Waals surface area contributed by atoms with Crippen LogP contribution >= 0.6 is 11.6 Å². The minimum atomic E-state index is -0.0644. The molecule has 0 aromatic carbocycles. The molecule has 0 atom stereocenters. The first-order chi connectivity index (χ1) is 12.2. The van der Waals surface area contributed by atoms with E-state index in [4.69, 9.17) is 17.0 Å². The maximum Gasteiger partial charge on any atom is 0.270 e. The maximum absolute atomic E-state index is 12.8. The van der Waals surface area contributed by atoms with E-state index >= 15 is 0 Å². The van der Waals surface area contributed by atoms with Gasteiger partial charge in [0.05, 0.1) is 5.02 Å². The summed E-state index contributed by atoms with van der Waals surface area (Å²) in [7, 11) is 0. The molecule has 0 saturated carbocycles. The lowest BCUT2D eigenvalue weighted by Gasteiger charge is -2.20. The third-order valence-electron chi connectivity index (χ3n) is 4.07. The highest BCUT2D eigenvalue weighted by molar-refractivity contribution is 6.34. The molecule has 3 aromatic rings. The molecule has 3 rings (SSSR count). The molecule has 0 bridgehead atoms. The molecule has 0 aliphatic heterocycles. The summed E-state index contributed by atoms with van der Waals surface area (Å²) in [5.74, 6) is -0.0644. The fourth-order valence-electron chi connectivity index (χ4n) is 2.91. The number of carbonyl (C=O) groups is 1. The van der Waals surface area contributed by atoms with E-state index in [1.54, 1.807) is 17.3 Å². The number of nitrogens with one attached hydrogen (secondary N) is 3. The van der Waals surface area contributed by atoms with E-state index in [2.05, 4.69) is 15.0 Å². The van der Waals surface area contributed by atoms with Crippen molar-refractivity contribution in [1.29, 1.82) is 5.41 Å². The topological polar surface area (TPSA) is 88.6 Å². The molecular weight excluding hydrogens is 338 g/mol. The molecule has 0 radical (unpaired) electrons. The van der Waals surface area contributed by atoms with Gasteiger partial charge in [0.25, 0.3) is 5.91 Å². The molecule has 6 nitrogen and oxygen atoms in total. The summed E-state index contributed by atoms with van der Waals surface area (Å²) >= 11 is 6.35. The molecule has 7 heteroatoms. The van der Waals surface area contributed by atoms with Crippen LogP contribution in [0.4, 0.5) is 0 Å². The van der Waals surface area contributed by atoms with Gasteiger partial charge in [0.2, 0.25) is 0 Å². The number of carbonyl (C=O) groups excluding carboxylic acids is 1. The monoisotopic (exact) mass is 357 g/mol. The van der Waals surface area contributed by atoms with E-state index in [1.807, 2.05) is 25.3 Å². The first kappa shape index (κ1) is 17.2. The van der Waals surface area contributed by atoms with Crippen LogP contribution in [0.15, 0.2) is 30.7 Å². The molecule has 0 unspecified atom stereocenters. The third kappa shape index (κ3) is 3.44. The van der Waals surface area contributed by atoms with Crippen molar-refractivity contribution in [2.45, 2.75) is 19.8 Å². The first-order valence-corrected chi connectivity index (χ1v) is 8.62. The fourth-order valence-corrected chi connectivity index (χ4v) is 3.17. The highest BCUT2D eigenvalue weighted by atomic mass is 35.5. The highest BCUT2D eigenvalue weighted by Crippen LogP contribution is 2.34. The van der Waals surface area contributed by atoms with Crippen molar-refractivity contribution >= 4 is 34.8 Å². The normalized spacial score (nSPS) is 11.0. The standard InChI is InChI=1S/C18H20ClN5O/c1-2-7-24(8-3-5-20)18(25)15-9-12(10-22-15)16-13-4-6-21-17(13)23-11-14(16)19/h4-6,9-11,20,22H,2-3,7-8H2,1H3,(H,21,23). The van der Waals surface area contributed by atoms with Gasteiger partial charge in [0.1, 0.15) is 11.3 Å². The van der Waals surface area contributed by atoms with Crippen molar-refractivity contribution in [1.82, 2.24) is 19.9 Å². The van der Waals surface area contributed by atoms with Crippen molar-refractivity contribution in [2.24, 2.45) is 0 Å². The van der Waals surface area contributed by atoms with Gasteiger partial charge in [-0.25, -0.2) is 4.98 Å². The van der Waals surface area contributed by atoms with Crippen LogP contribution in [0.1, 0.15) is 30.3 Å². The number of fused-ring (bicyclic) bond motifs is 1. The predicted molar refractivity (Wildman–Crippen MR) is 100 cm³/mol. The second kappa shape index (κ2) is 7.53. The van der Waals surface area contributed by atoms with E-state index in [-0.39, 0.29) is 5.91 Å². The van der Waals surface area contributed by atoms with Crippen molar-refractivity contribution in [3.63, 3.8) is 0 Å². The van der Waals surface area contributed by atoms with Crippen molar-refractivity contribution in [3.8, 4) is 11.1 Å². The number of hydrogen-bond donors (Lipinski definition) is 3. The van der Waals surface area contributed by atoms with Crippen LogP contribution < -0.4 is 0 Å². The third-order valence-corrected chi connectivity index (χ3v) is 4.35. The van der Waals surface area contributed by atoms with Gasteiger partial charge in [-0.15, -0.1) is 0 Å². The molecule has 0 aliphatic rings. The van der Waals surface area contributed by atoms with Crippen molar-refractivity contribution in [2.75, 3.05) is 13.1 Å². The second-order valence-corrected chi connectivity index (χ2v) is 6.22. The molecule has 1 amide bonds. The van der Waals surface area contributed by atoms with Crippen molar-refractivity contribution in [3.05, 3.63) is 41.4 Å². The average molecular weight is 358 g/mol. The van der Waals surface area contributed by atoms with Gasteiger partial charge in [0.15, 0.2) is 0 Å². The number of pyridine rings is 1. The van der Waals surface area contributed by atoms with E-state index in [0.29, 0.717) is 30.2 Å². The lowest BCUT2D eigenvalue weighted by Crippen LogP contribution is -2.33. The lowest BCUT2D eigenvalue weighted by molar-refractivity contribution is 0.0755. The fraction of sp³-hybridized carbons (Fsp3) is 0.278. The van der Waals surface area contributed by atoms with Crippen LogP contribution in [0, 0.1) is 5.41 Å². The van der Waals surface area contributed by atoms with E-state index in [9.17, 15) is 4.79 Å². The Morgan fingerprint density at radius 2 is 2.24 bits per heavy atom. The van der Waals surface area contributed by atoms with Gasteiger partial charge in [-0.1, -0.05) is 18.5 Å². The molecule has 130 valence electrons. The zero-order valence-electron chi connectivity index (χ0n) is 14.0. The number of H-pyrrole nitrogens is 2. The summed E-state index contributed by atoms with van der Waals surface area (Å²) in [6, 6.07) is 3.74. The predicted octanol–water partition coefficient (Wildman–Crippen LogP) is 4.10. The summed E-state index contributed by atoms with van der Waals surface area (Å²) in [5.41, 5.74) is 2.98. The summed E-state index contributed by atoms with van der Waals surface area (Å²) in [5, 5.41) is 8.64. The Morgan fingerprint density at radius 3 is 3.00 bits per heavy atom. The minimum Gasteiger partial charge on any atom is -0.357 e. The van der Waals surface area contributed by atoms with Gasteiger partial charge in [0, 0.05) is 48.2 Å². The molecule has 3 N–H and O–H groups in total. The molecule has 0 aliphatic carbocycles. The SMILES string of the molecule is CCCN(CCC=N)C(=O)c1cc(-c2c(Cl)cnc3[nH]ccc23)c[nH]1. The maximum atomic E-state index is 12.8. The average Bonchev–Trinajstić information content (AvgIpc) is 3.27. The molecule has 3 heterocycles. The summed E-state index contributed by atoms with van der Waals surface area (Å²) < 4.78 is 0. The van der Waals surface area contributed by atoms with Crippen LogP contribution in [0.2, 0.25) is 5.02 Å². The van der Waals surface area contributed by atoms with Crippen LogP contribution in [-0.4, -0.2) is 45.1 Å². The summed E-state index contributed by atoms with van der Waals surface area (Å²) in [4.78, 5) is 24.9. The van der Waals surface area contributed by atoms with E-state index in [0.717, 1.165) is 28.6 Å². The van der Waals surface area contributed by atoms with Gasteiger partial charge in [-0.05, 0) is 31.2 Å². The van der Waals surface area contributed by atoms with E-state index in [1.165, 1.54) is 6.21 Å². The zero-order valence-corrected chi connectivity index (χ0v) is 14.7. The number of rotatable bonds is 7. The lowest BCUT2D eigenvalue weighted by atomic mass is 10.1. The minimum absolute atomic E-state index is 0.0644. The number of aromatic amines is 2. The quantitative estimate of drug-likeness (QED) is 0.556. The molecule has 0 fully saturated rings. The van der Waals surface area contributed by atoms with Crippen LogP contribution in [0.5, 0.6) is 0 Å². The smallest absolute Gasteiger partial charge is 0.270 e. The van der Waals surface area contributed by atoms with Crippen LogP contribution in [0.3, 0.4) is 0 Å².